The van der Waals surface area contributed by atoms with Crippen molar-refractivity contribution in [3.63, 3.8) is 0 Å². The van der Waals surface area contributed by atoms with Crippen molar-refractivity contribution in [1.29, 1.82) is 0 Å². The molecule has 0 saturated heterocycles. The minimum atomic E-state index is -0.206. The molecule has 2 rings (SSSR count). The van der Waals surface area contributed by atoms with Crippen LogP contribution in [0.3, 0.4) is 0 Å². The number of carbonyl (C=O) groups is 1. The maximum Gasteiger partial charge on any atom is 0.255 e. The summed E-state index contributed by atoms with van der Waals surface area (Å²) < 4.78 is 16.7. The van der Waals surface area contributed by atoms with E-state index in [0.29, 0.717) is 30.2 Å². The van der Waals surface area contributed by atoms with E-state index in [1.807, 2.05) is 58.0 Å². The highest BCUT2D eigenvalue weighted by Gasteiger charge is 2.13. The van der Waals surface area contributed by atoms with Crippen molar-refractivity contribution in [3.05, 3.63) is 53.1 Å². The summed E-state index contributed by atoms with van der Waals surface area (Å²) in [5.41, 5.74) is 3.08. The number of anilines is 1. The fourth-order valence-corrected chi connectivity index (χ4v) is 2.50. The molecule has 0 spiro atoms. The molecule has 0 radical (unpaired) electrons. The van der Waals surface area contributed by atoms with Gasteiger partial charge in [-0.2, -0.15) is 0 Å². The molecule has 5 heteroatoms. The minimum absolute atomic E-state index is 0.0958. The van der Waals surface area contributed by atoms with Crippen LogP contribution in [0, 0.1) is 6.92 Å². The lowest BCUT2D eigenvalue weighted by atomic mass is 10.1. The van der Waals surface area contributed by atoms with Crippen molar-refractivity contribution < 1.29 is 19.0 Å². The minimum Gasteiger partial charge on any atom is -0.495 e. The van der Waals surface area contributed by atoms with Gasteiger partial charge in [-0.25, -0.2) is 0 Å². The number of aryl methyl sites for hydroxylation is 1. The molecule has 0 aliphatic carbocycles. The van der Waals surface area contributed by atoms with Crippen LogP contribution < -0.4 is 14.8 Å². The summed E-state index contributed by atoms with van der Waals surface area (Å²) in [6.45, 7) is 8.79. The molecule has 1 amide bonds. The molecule has 1 N–H and O–H groups in total. The first-order valence-electron chi connectivity index (χ1n) is 8.78. The van der Waals surface area contributed by atoms with Gasteiger partial charge in [-0.3, -0.25) is 4.79 Å². The summed E-state index contributed by atoms with van der Waals surface area (Å²) >= 11 is 0. The van der Waals surface area contributed by atoms with Crippen molar-refractivity contribution in [2.75, 3.05) is 19.0 Å². The fourth-order valence-electron chi connectivity index (χ4n) is 2.50. The molecule has 2 aromatic rings. The highest BCUT2D eigenvalue weighted by atomic mass is 16.5. The van der Waals surface area contributed by atoms with Crippen LogP contribution in [0.15, 0.2) is 36.4 Å². The van der Waals surface area contributed by atoms with Gasteiger partial charge in [0.1, 0.15) is 11.5 Å². The summed E-state index contributed by atoms with van der Waals surface area (Å²) in [4.78, 5) is 12.7. The highest BCUT2D eigenvalue weighted by molar-refractivity contribution is 6.05. The SMILES string of the molecule is CCOc1ccc(C(=O)Nc2cc(C)ccc2OC)cc1COC(C)C. The Bertz CT molecular complexity index is 756. The predicted molar refractivity (Wildman–Crippen MR) is 103 cm³/mol. The Balaban J connectivity index is 2.25. The number of hydrogen-bond acceptors (Lipinski definition) is 4. The molecule has 5 nitrogen and oxygen atoms in total. The van der Waals surface area contributed by atoms with Gasteiger partial charge in [0.2, 0.25) is 0 Å². The summed E-state index contributed by atoms with van der Waals surface area (Å²) in [6.07, 6.45) is 0.0958. The van der Waals surface area contributed by atoms with Gasteiger partial charge in [-0.05, 0) is 63.6 Å². The van der Waals surface area contributed by atoms with Crippen LogP contribution in [0.5, 0.6) is 11.5 Å². The second-order valence-corrected chi connectivity index (χ2v) is 6.27. The van der Waals surface area contributed by atoms with Crippen LogP contribution in [0.1, 0.15) is 42.3 Å². The summed E-state index contributed by atoms with van der Waals surface area (Å²) in [7, 11) is 1.58. The number of benzene rings is 2. The van der Waals surface area contributed by atoms with E-state index in [1.165, 1.54) is 0 Å². The van der Waals surface area contributed by atoms with Gasteiger partial charge < -0.3 is 19.5 Å². The third kappa shape index (κ3) is 5.23. The third-order valence-corrected chi connectivity index (χ3v) is 3.80. The second kappa shape index (κ2) is 9.25. The first-order valence-corrected chi connectivity index (χ1v) is 8.78. The van der Waals surface area contributed by atoms with Gasteiger partial charge >= 0.3 is 0 Å². The van der Waals surface area contributed by atoms with Crippen LogP contribution in [0.2, 0.25) is 0 Å². The summed E-state index contributed by atoms with van der Waals surface area (Å²) in [5, 5.41) is 2.92. The number of hydrogen-bond donors (Lipinski definition) is 1. The van der Waals surface area contributed by atoms with Crippen LogP contribution in [-0.2, 0) is 11.3 Å². The fraction of sp³-hybridized carbons (Fsp3) is 0.381. The molecule has 0 fully saturated rings. The smallest absolute Gasteiger partial charge is 0.255 e. The van der Waals surface area contributed by atoms with Crippen LogP contribution in [0.25, 0.3) is 0 Å². The van der Waals surface area contributed by atoms with E-state index < -0.39 is 0 Å². The van der Waals surface area contributed by atoms with E-state index in [-0.39, 0.29) is 12.0 Å². The molecule has 140 valence electrons. The summed E-state index contributed by atoms with van der Waals surface area (Å²) in [5.74, 6) is 1.15. The average molecular weight is 357 g/mol. The zero-order valence-electron chi connectivity index (χ0n) is 16.1. The van der Waals surface area contributed by atoms with Gasteiger partial charge in [0.05, 0.1) is 32.1 Å². The Hall–Kier alpha value is -2.53. The second-order valence-electron chi connectivity index (χ2n) is 6.27. The van der Waals surface area contributed by atoms with E-state index in [0.717, 1.165) is 16.9 Å². The number of methoxy groups -OCH3 is 1. The topological polar surface area (TPSA) is 56.8 Å². The quantitative estimate of drug-likeness (QED) is 0.751. The van der Waals surface area contributed by atoms with Crippen molar-refractivity contribution in [2.24, 2.45) is 0 Å². The molecule has 0 aliphatic rings. The van der Waals surface area contributed by atoms with Crippen LogP contribution in [-0.4, -0.2) is 25.7 Å². The van der Waals surface area contributed by atoms with Crippen molar-refractivity contribution in [1.82, 2.24) is 0 Å². The Morgan fingerprint density at radius 1 is 1.12 bits per heavy atom. The molecule has 0 atom stereocenters. The van der Waals surface area contributed by atoms with Crippen molar-refractivity contribution in [3.8, 4) is 11.5 Å². The first kappa shape index (κ1) is 19.8. The van der Waals surface area contributed by atoms with Gasteiger partial charge in [0, 0.05) is 11.1 Å². The van der Waals surface area contributed by atoms with E-state index >= 15 is 0 Å². The van der Waals surface area contributed by atoms with E-state index in [1.54, 1.807) is 13.2 Å². The number of rotatable bonds is 8. The molecular weight excluding hydrogens is 330 g/mol. The zero-order valence-corrected chi connectivity index (χ0v) is 16.1. The number of nitrogens with one attached hydrogen (secondary N) is 1. The molecule has 0 aromatic heterocycles. The van der Waals surface area contributed by atoms with Gasteiger partial charge in [-0.1, -0.05) is 6.07 Å². The van der Waals surface area contributed by atoms with Gasteiger partial charge in [-0.15, -0.1) is 0 Å². The molecule has 0 unspecified atom stereocenters. The zero-order chi connectivity index (χ0) is 19.1. The van der Waals surface area contributed by atoms with Crippen molar-refractivity contribution in [2.45, 2.75) is 40.4 Å². The third-order valence-electron chi connectivity index (χ3n) is 3.80. The molecule has 0 aliphatic heterocycles. The lowest BCUT2D eigenvalue weighted by Crippen LogP contribution is -2.14. The lowest BCUT2D eigenvalue weighted by molar-refractivity contribution is 0.0641. The maximum absolute atomic E-state index is 12.7. The average Bonchev–Trinajstić information content (AvgIpc) is 2.61. The molecule has 0 heterocycles. The number of ether oxygens (including phenoxy) is 3. The Morgan fingerprint density at radius 3 is 2.50 bits per heavy atom. The molecule has 2 aromatic carbocycles. The molecular formula is C21H27NO4. The van der Waals surface area contributed by atoms with E-state index in [9.17, 15) is 4.79 Å². The molecule has 0 saturated carbocycles. The monoisotopic (exact) mass is 357 g/mol. The largest absolute Gasteiger partial charge is 0.495 e. The Morgan fingerprint density at radius 2 is 1.85 bits per heavy atom. The van der Waals surface area contributed by atoms with Crippen molar-refractivity contribution >= 4 is 11.6 Å². The highest BCUT2D eigenvalue weighted by Crippen LogP contribution is 2.27. The standard InChI is InChI=1S/C21H27NO4/c1-6-25-19-10-8-16(12-17(19)13-26-14(2)3)21(23)22-18-11-15(4)7-9-20(18)24-5/h7-12,14H,6,13H2,1-5H3,(H,22,23). The van der Waals surface area contributed by atoms with E-state index in [4.69, 9.17) is 14.2 Å². The summed E-state index contributed by atoms with van der Waals surface area (Å²) in [6, 6.07) is 11.0. The van der Waals surface area contributed by atoms with E-state index in [2.05, 4.69) is 5.32 Å². The predicted octanol–water partition coefficient (Wildman–Crippen LogP) is 4.58. The number of amides is 1. The van der Waals surface area contributed by atoms with Gasteiger partial charge in [0.25, 0.3) is 5.91 Å². The maximum atomic E-state index is 12.7. The first-order chi connectivity index (χ1) is 12.4. The normalized spacial score (nSPS) is 10.7. The lowest BCUT2D eigenvalue weighted by Gasteiger charge is -2.15. The molecule has 26 heavy (non-hydrogen) atoms. The number of carbonyl (C=O) groups excluding carboxylic acids is 1. The van der Waals surface area contributed by atoms with Gasteiger partial charge in [0.15, 0.2) is 0 Å². The van der Waals surface area contributed by atoms with Crippen LogP contribution >= 0.6 is 0 Å². The Labute approximate surface area is 155 Å². The molecule has 0 bridgehead atoms. The Kier molecular flexibility index (Phi) is 7.04. The van der Waals surface area contributed by atoms with Crippen LogP contribution in [0.4, 0.5) is 5.69 Å².